The number of ether oxygens (including phenoxy) is 1. The minimum atomic E-state index is -0.608. The Morgan fingerprint density at radius 3 is 2.69 bits per heavy atom. The van der Waals surface area contributed by atoms with Gasteiger partial charge in [0.2, 0.25) is 0 Å². The molecule has 2 N–H and O–H groups in total. The highest BCUT2D eigenvalue weighted by Crippen LogP contribution is 2.22. The molecule has 94 valence electrons. The average Bonchev–Trinajstić information content (AvgIpc) is 2.36. The normalized spacial score (nSPS) is 21.4. The Morgan fingerprint density at radius 2 is 2.19 bits per heavy atom. The first kappa shape index (κ1) is 13.8. The van der Waals surface area contributed by atoms with Gasteiger partial charge in [0.05, 0.1) is 0 Å². The molecular formula is C11H22N2O2S. The topological polar surface area (TPSA) is 50.4 Å². The van der Waals surface area contributed by atoms with E-state index in [1.165, 1.54) is 0 Å². The highest BCUT2D eigenvalue weighted by molar-refractivity contribution is 7.99. The molecule has 1 amide bonds. The van der Waals surface area contributed by atoms with Crippen LogP contribution in [0.2, 0.25) is 0 Å². The number of nitrogens with one attached hydrogen (secondary N) is 2. The second kappa shape index (κ2) is 6.47. The lowest BCUT2D eigenvalue weighted by Gasteiger charge is -2.35. The molecule has 1 heterocycles. The van der Waals surface area contributed by atoms with E-state index >= 15 is 0 Å². The van der Waals surface area contributed by atoms with Crippen LogP contribution >= 0.6 is 11.8 Å². The minimum Gasteiger partial charge on any atom is -0.368 e. The fourth-order valence-electron chi connectivity index (χ4n) is 1.84. The van der Waals surface area contributed by atoms with Gasteiger partial charge in [-0.15, -0.1) is 0 Å². The number of hydrogen-bond donors (Lipinski definition) is 2. The van der Waals surface area contributed by atoms with Gasteiger partial charge in [0.25, 0.3) is 5.91 Å². The van der Waals surface area contributed by atoms with Crippen molar-refractivity contribution >= 4 is 17.7 Å². The number of rotatable bonds is 5. The van der Waals surface area contributed by atoms with E-state index in [9.17, 15) is 4.79 Å². The Balaban J connectivity index is 2.48. The minimum absolute atomic E-state index is 0.0393. The summed E-state index contributed by atoms with van der Waals surface area (Å²) < 4.78 is 5.45. The predicted molar refractivity (Wildman–Crippen MR) is 67.8 cm³/mol. The van der Waals surface area contributed by atoms with Crippen LogP contribution in [0, 0.1) is 0 Å². The Morgan fingerprint density at radius 1 is 1.56 bits per heavy atom. The predicted octanol–water partition coefficient (Wildman–Crippen LogP) is 0.623. The third-order valence-electron chi connectivity index (χ3n) is 3.17. The summed E-state index contributed by atoms with van der Waals surface area (Å²) in [4.78, 5) is 12.1. The van der Waals surface area contributed by atoms with Gasteiger partial charge in [0.1, 0.15) is 5.60 Å². The molecule has 0 saturated carbocycles. The molecule has 0 aromatic carbocycles. The Kier molecular flexibility index (Phi) is 5.58. The molecule has 4 nitrogen and oxygen atoms in total. The van der Waals surface area contributed by atoms with E-state index in [2.05, 4.69) is 17.6 Å². The van der Waals surface area contributed by atoms with Crippen LogP contribution in [0.15, 0.2) is 0 Å². The highest BCUT2D eigenvalue weighted by Gasteiger charge is 2.39. The van der Waals surface area contributed by atoms with Crippen LogP contribution in [0.1, 0.15) is 19.8 Å². The van der Waals surface area contributed by atoms with Crippen LogP contribution in [-0.4, -0.2) is 49.8 Å². The first-order valence-corrected chi connectivity index (χ1v) is 7.00. The molecule has 0 spiro atoms. The molecule has 0 bridgehead atoms. The number of carbonyl (C=O) groups excluding carboxylic acids is 1. The van der Waals surface area contributed by atoms with Gasteiger partial charge in [0.15, 0.2) is 0 Å². The molecule has 5 heteroatoms. The maximum atomic E-state index is 12.1. The molecule has 1 rings (SSSR count). The maximum Gasteiger partial charge on any atom is 0.252 e. The fraction of sp³-hybridized carbons (Fsp3) is 0.909. The van der Waals surface area contributed by atoms with E-state index < -0.39 is 5.60 Å². The van der Waals surface area contributed by atoms with Gasteiger partial charge >= 0.3 is 0 Å². The van der Waals surface area contributed by atoms with Gasteiger partial charge in [-0.3, -0.25) is 4.79 Å². The quantitative estimate of drug-likeness (QED) is 0.747. The molecule has 1 saturated heterocycles. The highest BCUT2D eigenvalue weighted by atomic mass is 32.2. The van der Waals surface area contributed by atoms with Crippen molar-refractivity contribution in [2.24, 2.45) is 0 Å². The third-order valence-corrected chi connectivity index (χ3v) is 4.14. The molecule has 1 aliphatic rings. The van der Waals surface area contributed by atoms with Crippen molar-refractivity contribution < 1.29 is 9.53 Å². The van der Waals surface area contributed by atoms with Crippen molar-refractivity contribution in [1.29, 1.82) is 0 Å². The molecule has 0 aromatic rings. The zero-order chi connectivity index (χ0) is 12.0. The lowest BCUT2D eigenvalue weighted by Crippen LogP contribution is -2.54. The van der Waals surface area contributed by atoms with Gasteiger partial charge < -0.3 is 15.4 Å². The summed E-state index contributed by atoms with van der Waals surface area (Å²) in [6.07, 6.45) is 3.55. The third kappa shape index (κ3) is 3.37. The van der Waals surface area contributed by atoms with Crippen LogP contribution in [0.4, 0.5) is 0 Å². The van der Waals surface area contributed by atoms with Crippen molar-refractivity contribution in [1.82, 2.24) is 10.6 Å². The van der Waals surface area contributed by atoms with Crippen molar-refractivity contribution in [2.45, 2.75) is 30.6 Å². The Hall–Kier alpha value is -0.260. The molecule has 16 heavy (non-hydrogen) atoms. The Labute approximate surface area is 102 Å². The summed E-state index contributed by atoms with van der Waals surface area (Å²) in [5, 5.41) is 6.67. The number of carbonyl (C=O) groups is 1. The lowest BCUT2D eigenvalue weighted by molar-refractivity contribution is -0.146. The smallest absolute Gasteiger partial charge is 0.252 e. The Bertz CT molecular complexity index is 230. The van der Waals surface area contributed by atoms with E-state index in [1.54, 1.807) is 18.9 Å². The summed E-state index contributed by atoms with van der Waals surface area (Å²) in [6, 6.07) is 0. The van der Waals surface area contributed by atoms with Gasteiger partial charge in [-0.25, -0.2) is 0 Å². The van der Waals surface area contributed by atoms with Crippen molar-refractivity contribution in [3.8, 4) is 0 Å². The summed E-state index contributed by atoms with van der Waals surface area (Å²) in [5.41, 5.74) is -0.608. The average molecular weight is 246 g/mol. The molecule has 1 atom stereocenters. The molecule has 1 aliphatic heterocycles. The molecule has 0 aromatic heterocycles. The first-order chi connectivity index (χ1) is 7.64. The van der Waals surface area contributed by atoms with Crippen molar-refractivity contribution in [3.05, 3.63) is 0 Å². The second-order valence-corrected chi connectivity index (χ2v) is 5.48. The maximum absolute atomic E-state index is 12.1. The molecular weight excluding hydrogens is 224 g/mol. The SMILES string of the molecule is COC1(C(=O)NC[C@@H](C)SC)CCNCC1. The molecule has 0 aliphatic carbocycles. The van der Waals surface area contributed by atoms with Crippen LogP contribution in [0.25, 0.3) is 0 Å². The number of hydrogen-bond acceptors (Lipinski definition) is 4. The molecule has 0 radical (unpaired) electrons. The van der Waals surface area contributed by atoms with Crippen LogP contribution in [0.5, 0.6) is 0 Å². The van der Waals surface area contributed by atoms with Gasteiger partial charge in [0, 0.05) is 18.9 Å². The summed E-state index contributed by atoms with van der Waals surface area (Å²) in [7, 11) is 1.63. The number of piperidine rings is 1. The van der Waals surface area contributed by atoms with Gasteiger partial charge in [-0.2, -0.15) is 11.8 Å². The number of methoxy groups -OCH3 is 1. The van der Waals surface area contributed by atoms with Crippen LogP contribution in [0.3, 0.4) is 0 Å². The largest absolute Gasteiger partial charge is 0.368 e. The van der Waals surface area contributed by atoms with Gasteiger partial charge in [-0.1, -0.05) is 6.92 Å². The second-order valence-electron chi connectivity index (χ2n) is 4.20. The van der Waals surface area contributed by atoms with Crippen LogP contribution < -0.4 is 10.6 Å². The zero-order valence-corrected chi connectivity index (χ0v) is 11.2. The van der Waals surface area contributed by atoms with Crippen molar-refractivity contribution in [2.75, 3.05) is 33.0 Å². The van der Waals surface area contributed by atoms with E-state index in [0.29, 0.717) is 11.8 Å². The summed E-state index contributed by atoms with van der Waals surface area (Å²) in [6.45, 7) is 4.50. The standard InChI is InChI=1S/C11H22N2O2S/c1-9(16-3)8-13-10(14)11(15-2)4-6-12-7-5-11/h9,12H,4-8H2,1-3H3,(H,13,14)/t9-/m1/s1. The zero-order valence-electron chi connectivity index (χ0n) is 10.3. The lowest BCUT2D eigenvalue weighted by atomic mass is 9.91. The summed E-state index contributed by atoms with van der Waals surface area (Å²) in [5.74, 6) is 0.0393. The van der Waals surface area contributed by atoms with E-state index in [-0.39, 0.29) is 5.91 Å². The van der Waals surface area contributed by atoms with E-state index in [1.807, 2.05) is 6.26 Å². The van der Waals surface area contributed by atoms with Crippen LogP contribution in [-0.2, 0) is 9.53 Å². The molecule has 0 unspecified atom stereocenters. The van der Waals surface area contributed by atoms with Crippen molar-refractivity contribution in [3.63, 3.8) is 0 Å². The fourth-order valence-corrected chi connectivity index (χ4v) is 2.09. The number of thioether (sulfide) groups is 1. The van der Waals surface area contributed by atoms with E-state index in [4.69, 9.17) is 4.74 Å². The summed E-state index contributed by atoms with van der Waals surface area (Å²) >= 11 is 1.75. The molecule has 1 fully saturated rings. The van der Waals surface area contributed by atoms with Gasteiger partial charge in [-0.05, 0) is 32.2 Å². The van der Waals surface area contributed by atoms with E-state index in [0.717, 1.165) is 25.9 Å². The number of amides is 1. The monoisotopic (exact) mass is 246 g/mol. The first-order valence-electron chi connectivity index (χ1n) is 5.71.